The van der Waals surface area contributed by atoms with Crippen molar-refractivity contribution in [1.29, 1.82) is 0 Å². The predicted molar refractivity (Wildman–Crippen MR) is 64.2 cm³/mol. The van der Waals surface area contributed by atoms with E-state index in [1.54, 1.807) is 12.4 Å². The first-order valence-corrected chi connectivity index (χ1v) is 5.72. The van der Waals surface area contributed by atoms with Crippen LogP contribution in [0.3, 0.4) is 0 Å². The van der Waals surface area contributed by atoms with Gasteiger partial charge >= 0.3 is 0 Å². The van der Waals surface area contributed by atoms with Crippen LogP contribution >= 0.6 is 0 Å². The minimum Gasteiger partial charge on any atom is -0.237 e. The van der Waals surface area contributed by atoms with Gasteiger partial charge in [-0.05, 0) is 42.9 Å². The zero-order valence-electron chi connectivity index (χ0n) is 9.35. The number of nitrogens with zero attached hydrogens (tertiary/aromatic N) is 2. The van der Waals surface area contributed by atoms with E-state index >= 15 is 0 Å². The van der Waals surface area contributed by atoms with E-state index in [0.717, 1.165) is 17.3 Å². The fourth-order valence-corrected chi connectivity index (χ4v) is 2.05. The average molecular weight is 210 g/mol. The summed E-state index contributed by atoms with van der Waals surface area (Å²) >= 11 is 0. The van der Waals surface area contributed by atoms with Gasteiger partial charge in [0.15, 0.2) is 5.82 Å². The van der Waals surface area contributed by atoms with Crippen molar-refractivity contribution in [2.24, 2.45) is 0 Å². The molecule has 1 aromatic carbocycles. The molecule has 1 saturated carbocycles. The van der Waals surface area contributed by atoms with Gasteiger partial charge in [0.1, 0.15) is 0 Å². The summed E-state index contributed by atoms with van der Waals surface area (Å²) in [7, 11) is 0. The van der Waals surface area contributed by atoms with Gasteiger partial charge in [0.25, 0.3) is 0 Å². The van der Waals surface area contributed by atoms with Crippen LogP contribution in [0.25, 0.3) is 11.4 Å². The third-order valence-corrected chi connectivity index (χ3v) is 3.11. The Balaban J connectivity index is 2.02. The van der Waals surface area contributed by atoms with E-state index in [0.29, 0.717) is 0 Å². The minimum absolute atomic E-state index is 0.810. The molecular weight excluding hydrogens is 196 g/mol. The molecule has 1 fully saturated rings. The topological polar surface area (TPSA) is 25.8 Å². The maximum Gasteiger partial charge on any atom is 0.159 e. The highest BCUT2D eigenvalue weighted by atomic mass is 14.8. The van der Waals surface area contributed by atoms with Gasteiger partial charge in [0.2, 0.25) is 0 Å². The normalized spacial score (nSPS) is 15.1. The van der Waals surface area contributed by atoms with Crippen molar-refractivity contribution >= 4 is 0 Å². The molecule has 0 atom stereocenters. The van der Waals surface area contributed by atoms with Crippen molar-refractivity contribution < 1.29 is 0 Å². The number of rotatable bonds is 2. The molecule has 2 heteroatoms. The molecule has 1 aliphatic rings. The molecule has 0 N–H and O–H groups in total. The van der Waals surface area contributed by atoms with E-state index in [1.165, 1.54) is 24.0 Å². The van der Waals surface area contributed by atoms with Crippen molar-refractivity contribution in [3.8, 4) is 11.4 Å². The molecule has 1 aromatic heterocycles. The Morgan fingerprint density at radius 3 is 2.50 bits per heavy atom. The smallest absolute Gasteiger partial charge is 0.159 e. The summed E-state index contributed by atoms with van der Waals surface area (Å²) in [6, 6.07) is 8.50. The fraction of sp³-hybridized carbons (Fsp3) is 0.286. The Morgan fingerprint density at radius 2 is 1.88 bits per heavy atom. The van der Waals surface area contributed by atoms with Gasteiger partial charge in [-0.2, -0.15) is 0 Å². The number of aryl methyl sites for hydroxylation is 1. The lowest BCUT2D eigenvalue weighted by Crippen LogP contribution is -1.91. The van der Waals surface area contributed by atoms with Crippen LogP contribution < -0.4 is 0 Å². The highest BCUT2D eigenvalue weighted by molar-refractivity contribution is 5.60. The van der Waals surface area contributed by atoms with Crippen LogP contribution in [0.4, 0.5) is 0 Å². The van der Waals surface area contributed by atoms with Crippen molar-refractivity contribution in [2.75, 3.05) is 0 Å². The highest BCUT2D eigenvalue weighted by Crippen LogP contribution is 2.41. The zero-order valence-corrected chi connectivity index (χ0v) is 9.35. The molecule has 0 bridgehead atoms. The first-order chi connectivity index (χ1) is 7.84. The van der Waals surface area contributed by atoms with E-state index in [4.69, 9.17) is 0 Å². The van der Waals surface area contributed by atoms with Crippen molar-refractivity contribution in [3.05, 3.63) is 47.8 Å². The lowest BCUT2D eigenvalue weighted by atomic mass is 10.0. The Kier molecular flexibility index (Phi) is 2.21. The molecule has 80 valence electrons. The first-order valence-electron chi connectivity index (χ1n) is 5.72. The van der Waals surface area contributed by atoms with Crippen molar-refractivity contribution in [3.63, 3.8) is 0 Å². The summed E-state index contributed by atoms with van der Waals surface area (Å²) in [5.41, 5.74) is 3.89. The van der Waals surface area contributed by atoms with Crippen LogP contribution in [-0.4, -0.2) is 9.97 Å². The third-order valence-electron chi connectivity index (χ3n) is 3.11. The number of hydrogen-bond donors (Lipinski definition) is 0. The summed E-state index contributed by atoms with van der Waals surface area (Å²) in [5.74, 6) is 1.63. The fourth-order valence-electron chi connectivity index (χ4n) is 2.05. The van der Waals surface area contributed by atoms with Gasteiger partial charge in [-0.3, -0.25) is 0 Å². The molecular formula is C14H14N2. The van der Waals surface area contributed by atoms with E-state index in [2.05, 4.69) is 35.1 Å². The second kappa shape index (κ2) is 3.71. The molecule has 0 aliphatic heterocycles. The molecule has 0 amide bonds. The lowest BCUT2D eigenvalue weighted by molar-refractivity contribution is 1.11. The standard InChI is InChI=1S/C14H14N2/c1-10-9-12(11-3-4-11)5-6-13(10)14-15-7-2-8-16-14/h2,5-9,11H,3-4H2,1H3. The van der Waals surface area contributed by atoms with E-state index in [1.807, 2.05) is 6.07 Å². The molecule has 0 radical (unpaired) electrons. The number of hydrogen-bond acceptors (Lipinski definition) is 2. The largest absolute Gasteiger partial charge is 0.237 e. The number of benzene rings is 1. The maximum atomic E-state index is 4.29. The summed E-state index contributed by atoms with van der Waals surface area (Å²) in [6.45, 7) is 2.14. The van der Waals surface area contributed by atoms with Gasteiger partial charge in [-0.1, -0.05) is 18.2 Å². The van der Waals surface area contributed by atoms with Crippen LogP contribution in [0.5, 0.6) is 0 Å². The molecule has 1 heterocycles. The van der Waals surface area contributed by atoms with Crippen molar-refractivity contribution in [2.45, 2.75) is 25.7 Å². The van der Waals surface area contributed by atoms with Gasteiger partial charge < -0.3 is 0 Å². The molecule has 0 unspecified atom stereocenters. The quantitative estimate of drug-likeness (QED) is 0.759. The summed E-state index contributed by atoms with van der Waals surface area (Å²) in [4.78, 5) is 8.58. The highest BCUT2D eigenvalue weighted by Gasteiger charge is 2.23. The predicted octanol–water partition coefficient (Wildman–Crippen LogP) is 3.33. The summed E-state index contributed by atoms with van der Waals surface area (Å²) in [5, 5.41) is 0. The molecule has 2 nitrogen and oxygen atoms in total. The van der Waals surface area contributed by atoms with Crippen LogP contribution in [0.1, 0.15) is 29.9 Å². The average Bonchev–Trinajstić information content (AvgIpc) is 3.14. The van der Waals surface area contributed by atoms with E-state index < -0.39 is 0 Å². The van der Waals surface area contributed by atoms with Gasteiger partial charge in [0, 0.05) is 18.0 Å². The Hall–Kier alpha value is -1.70. The van der Waals surface area contributed by atoms with E-state index in [-0.39, 0.29) is 0 Å². The van der Waals surface area contributed by atoms with Crippen LogP contribution in [0.2, 0.25) is 0 Å². The zero-order chi connectivity index (χ0) is 11.0. The van der Waals surface area contributed by atoms with E-state index in [9.17, 15) is 0 Å². The van der Waals surface area contributed by atoms with Crippen molar-refractivity contribution in [1.82, 2.24) is 9.97 Å². The SMILES string of the molecule is Cc1cc(C2CC2)ccc1-c1ncccn1. The Labute approximate surface area is 95.4 Å². The van der Waals surface area contributed by atoms with Gasteiger partial charge in [0.05, 0.1) is 0 Å². The Morgan fingerprint density at radius 1 is 1.12 bits per heavy atom. The van der Waals surface area contributed by atoms with Gasteiger partial charge in [-0.25, -0.2) is 9.97 Å². The van der Waals surface area contributed by atoms with Crippen LogP contribution in [0, 0.1) is 6.92 Å². The lowest BCUT2D eigenvalue weighted by Gasteiger charge is -2.06. The molecule has 0 spiro atoms. The maximum absolute atomic E-state index is 4.29. The second-order valence-electron chi connectivity index (χ2n) is 4.42. The molecule has 3 rings (SSSR count). The number of aromatic nitrogens is 2. The molecule has 0 saturated heterocycles. The van der Waals surface area contributed by atoms with Crippen LogP contribution in [0.15, 0.2) is 36.7 Å². The van der Waals surface area contributed by atoms with Gasteiger partial charge in [-0.15, -0.1) is 0 Å². The minimum atomic E-state index is 0.810. The molecule has 1 aliphatic carbocycles. The molecule has 16 heavy (non-hydrogen) atoms. The third kappa shape index (κ3) is 1.71. The summed E-state index contributed by atoms with van der Waals surface area (Å²) < 4.78 is 0. The summed E-state index contributed by atoms with van der Waals surface area (Å²) in [6.07, 6.45) is 6.27. The first kappa shape index (κ1) is 9.52. The monoisotopic (exact) mass is 210 g/mol. The van der Waals surface area contributed by atoms with Crippen LogP contribution in [-0.2, 0) is 0 Å². The molecule has 2 aromatic rings. The Bertz CT molecular complexity index is 501. The second-order valence-corrected chi connectivity index (χ2v) is 4.42.